The van der Waals surface area contributed by atoms with Crippen LogP contribution in [-0.2, 0) is 0 Å². The lowest BCUT2D eigenvalue weighted by atomic mass is 10.1. The van der Waals surface area contributed by atoms with Crippen LogP contribution in [0.5, 0.6) is 0 Å². The zero-order chi connectivity index (χ0) is 23.9. The number of thiol groups is 2. The topological polar surface area (TPSA) is 6.48 Å². The van der Waals surface area contributed by atoms with E-state index in [1.54, 1.807) is 0 Å². The van der Waals surface area contributed by atoms with Gasteiger partial charge in [-0.15, -0.1) is 25.3 Å². The Kier molecular flexibility index (Phi) is 25.0. The van der Waals surface area contributed by atoms with E-state index in [4.69, 9.17) is 24.4 Å². The number of unbranched alkanes of at least 4 members (excludes halogenated alkanes) is 15. The minimum Gasteiger partial charge on any atom is -0.358 e. The van der Waals surface area contributed by atoms with Crippen molar-refractivity contribution in [3.05, 3.63) is 0 Å². The highest BCUT2D eigenvalue weighted by Crippen LogP contribution is 2.12. The number of rotatable bonds is 23. The maximum absolute atomic E-state index is 5.37. The predicted molar refractivity (Wildman–Crippen MR) is 161 cm³/mol. The molecule has 0 aliphatic carbocycles. The van der Waals surface area contributed by atoms with E-state index in [1.165, 1.54) is 103 Å². The SMILES string of the molecule is CCCCCCCCCCN(CCCCN(CCCCCCCCCC)C(=S)S)C(=S)S. The molecule has 0 saturated heterocycles. The Hall–Kier alpha value is 0.480. The van der Waals surface area contributed by atoms with E-state index in [1.807, 2.05) is 0 Å². The van der Waals surface area contributed by atoms with Gasteiger partial charge < -0.3 is 9.80 Å². The van der Waals surface area contributed by atoms with Gasteiger partial charge in [0.05, 0.1) is 0 Å². The standard InChI is InChI=1S/C26H52N2S4/c1-3-5-7-9-11-13-15-17-21-27(25(29)30)23-19-20-24-28(26(31)32)22-18-16-14-12-10-8-6-4-2/h3-24H2,1-2H3,(H,29,30)(H,31,32). The van der Waals surface area contributed by atoms with Gasteiger partial charge in [0.1, 0.15) is 8.64 Å². The van der Waals surface area contributed by atoms with Crippen molar-refractivity contribution in [2.45, 2.75) is 129 Å². The van der Waals surface area contributed by atoms with Gasteiger partial charge in [0.25, 0.3) is 0 Å². The molecule has 0 heterocycles. The lowest BCUT2D eigenvalue weighted by Gasteiger charge is -2.25. The van der Waals surface area contributed by atoms with Crippen molar-refractivity contribution in [3.8, 4) is 0 Å². The van der Waals surface area contributed by atoms with Gasteiger partial charge in [-0.3, -0.25) is 0 Å². The summed E-state index contributed by atoms with van der Waals surface area (Å²) < 4.78 is 1.49. The molecule has 0 radical (unpaired) electrons. The van der Waals surface area contributed by atoms with Gasteiger partial charge in [-0.05, 0) is 25.7 Å². The second-order valence-corrected chi connectivity index (χ2v) is 11.4. The molecule has 0 aromatic rings. The van der Waals surface area contributed by atoms with Gasteiger partial charge in [0, 0.05) is 26.2 Å². The molecule has 0 bridgehead atoms. The summed E-state index contributed by atoms with van der Waals surface area (Å²) >= 11 is 19.7. The summed E-state index contributed by atoms with van der Waals surface area (Å²) in [7, 11) is 0. The number of thiocarbonyl (C=S) groups is 2. The molecular weight excluding hydrogens is 469 g/mol. The molecule has 0 amide bonds. The Morgan fingerprint density at radius 1 is 0.438 bits per heavy atom. The Bertz CT molecular complexity index is 406. The lowest BCUT2D eigenvalue weighted by molar-refractivity contribution is 0.365. The summed E-state index contributed by atoms with van der Waals surface area (Å²) in [6, 6.07) is 0. The van der Waals surface area contributed by atoms with Crippen LogP contribution in [0.25, 0.3) is 0 Å². The van der Waals surface area contributed by atoms with Gasteiger partial charge in [0.15, 0.2) is 0 Å². The largest absolute Gasteiger partial charge is 0.358 e. The van der Waals surface area contributed by atoms with Crippen LogP contribution in [0.2, 0.25) is 0 Å². The average Bonchev–Trinajstić information content (AvgIpc) is 2.76. The Labute approximate surface area is 222 Å². The fraction of sp³-hybridized carbons (Fsp3) is 0.923. The smallest absolute Gasteiger partial charge is 0.133 e. The lowest BCUT2D eigenvalue weighted by Crippen LogP contribution is -2.31. The van der Waals surface area contributed by atoms with E-state index in [0.717, 1.165) is 47.7 Å². The summed E-state index contributed by atoms with van der Waals surface area (Å²) in [4.78, 5) is 4.55. The maximum atomic E-state index is 5.37. The van der Waals surface area contributed by atoms with Gasteiger partial charge in [-0.25, -0.2) is 0 Å². The molecule has 190 valence electrons. The van der Waals surface area contributed by atoms with Crippen molar-refractivity contribution in [1.82, 2.24) is 9.80 Å². The third-order valence-corrected chi connectivity index (χ3v) is 7.29. The second kappa shape index (κ2) is 24.6. The van der Waals surface area contributed by atoms with Crippen LogP contribution in [0.3, 0.4) is 0 Å². The molecule has 0 atom stereocenters. The summed E-state index contributed by atoms with van der Waals surface area (Å²) in [5.41, 5.74) is 0. The molecule has 6 heteroatoms. The van der Waals surface area contributed by atoms with E-state index >= 15 is 0 Å². The van der Waals surface area contributed by atoms with Crippen molar-refractivity contribution >= 4 is 58.3 Å². The Balaban J connectivity index is 3.87. The van der Waals surface area contributed by atoms with Crippen LogP contribution in [0.15, 0.2) is 0 Å². The summed E-state index contributed by atoms with van der Waals surface area (Å²) in [5, 5.41) is 0. The van der Waals surface area contributed by atoms with E-state index in [9.17, 15) is 0 Å². The van der Waals surface area contributed by atoms with E-state index in [2.05, 4.69) is 48.9 Å². The predicted octanol–water partition coefficient (Wildman–Crippen LogP) is 9.08. The first kappa shape index (κ1) is 32.5. The molecule has 0 aliphatic rings. The van der Waals surface area contributed by atoms with Gasteiger partial charge in [-0.2, -0.15) is 0 Å². The molecular formula is C26H52N2S4. The van der Waals surface area contributed by atoms with Crippen LogP contribution >= 0.6 is 49.7 Å². The van der Waals surface area contributed by atoms with Crippen molar-refractivity contribution in [2.24, 2.45) is 0 Å². The molecule has 0 aliphatic heterocycles. The molecule has 0 fully saturated rings. The molecule has 0 aromatic heterocycles. The summed E-state index contributed by atoms with van der Waals surface area (Å²) in [6.45, 7) is 8.65. The first-order chi connectivity index (χ1) is 15.5. The minimum atomic E-state index is 0.744. The van der Waals surface area contributed by atoms with Crippen LogP contribution in [0.4, 0.5) is 0 Å². The Morgan fingerprint density at radius 3 is 0.906 bits per heavy atom. The average molecular weight is 521 g/mol. The third kappa shape index (κ3) is 21.0. The van der Waals surface area contributed by atoms with Crippen LogP contribution in [-0.4, -0.2) is 44.6 Å². The monoisotopic (exact) mass is 520 g/mol. The highest BCUT2D eigenvalue weighted by molar-refractivity contribution is 8.11. The minimum absolute atomic E-state index is 0.744. The second-order valence-electron chi connectivity index (χ2n) is 9.20. The van der Waals surface area contributed by atoms with Gasteiger partial charge in [-0.1, -0.05) is 128 Å². The molecule has 0 N–H and O–H groups in total. The summed E-state index contributed by atoms with van der Waals surface area (Å²) in [5.74, 6) is 0. The molecule has 0 spiro atoms. The van der Waals surface area contributed by atoms with Crippen LogP contribution in [0, 0.1) is 0 Å². The molecule has 0 rings (SSSR count). The van der Waals surface area contributed by atoms with Crippen molar-refractivity contribution in [2.75, 3.05) is 26.2 Å². The fourth-order valence-electron chi connectivity index (χ4n) is 4.08. The Morgan fingerprint density at radius 2 is 0.656 bits per heavy atom. The molecule has 2 nitrogen and oxygen atoms in total. The normalized spacial score (nSPS) is 11.0. The first-order valence-electron chi connectivity index (χ1n) is 13.5. The van der Waals surface area contributed by atoms with Gasteiger partial charge >= 0.3 is 0 Å². The quantitative estimate of drug-likeness (QED) is 0.0787. The molecule has 0 unspecified atom stereocenters. The number of hydrogen-bond donors (Lipinski definition) is 2. The van der Waals surface area contributed by atoms with Crippen molar-refractivity contribution in [3.63, 3.8) is 0 Å². The molecule has 0 aromatic carbocycles. The van der Waals surface area contributed by atoms with Crippen LogP contribution in [0.1, 0.15) is 129 Å². The van der Waals surface area contributed by atoms with Crippen molar-refractivity contribution < 1.29 is 0 Å². The molecule has 32 heavy (non-hydrogen) atoms. The van der Waals surface area contributed by atoms with Gasteiger partial charge in [0.2, 0.25) is 0 Å². The fourth-order valence-corrected chi connectivity index (χ4v) is 4.85. The number of hydrogen-bond acceptors (Lipinski definition) is 2. The first-order valence-corrected chi connectivity index (χ1v) is 15.2. The highest BCUT2D eigenvalue weighted by atomic mass is 32.1. The van der Waals surface area contributed by atoms with Crippen molar-refractivity contribution in [1.29, 1.82) is 0 Å². The summed E-state index contributed by atoms with van der Waals surface area (Å²) in [6.07, 6.45) is 23.8. The zero-order valence-corrected chi connectivity index (χ0v) is 24.6. The van der Waals surface area contributed by atoms with E-state index < -0.39 is 0 Å². The third-order valence-electron chi connectivity index (χ3n) is 6.21. The highest BCUT2D eigenvalue weighted by Gasteiger charge is 2.09. The maximum Gasteiger partial charge on any atom is 0.133 e. The van der Waals surface area contributed by atoms with E-state index in [0.29, 0.717) is 0 Å². The number of nitrogens with zero attached hydrogens (tertiary/aromatic N) is 2. The zero-order valence-electron chi connectivity index (χ0n) is 21.2. The van der Waals surface area contributed by atoms with Crippen LogP contribution < -0.4 is 0 Å². The molecule has 0 saturated carbocycles. The van der Waals surface area contributed by atoms with E-state index in [-0.39, 0.29) is 0 Å².